The van der Waals surface area contributed by atoms with E-state index in [0.29, 0.717) is 0 Å². The van der Waals surface area contributed by atoms with Crippen molar-refractivity contribution in [1.82, 2.24) is 4.72 Å². The Hall–Kier alpha value is -1.15. The summed E-state index contributed by atoms with van der Waals surface area (Å²) in [7, 11) is -3.92. The van der Waals surface area contributed by atoms with Crippen molar-refractivity contribution in [3.05, 3.63) is 28.8 Å². The molecule has 1 unspecified atom stereocenters. The van der Waals surface area contributed by atoms with Crippen LogP contribution in [-0.2, 0) is 10.0 Å². The summed E-state index contributed by atoms with van der Waals surface area (Å²) in [5.41, 5.74) is -1.25. The molecule has 0 heterocycles. The summed E-state index contributed by atoms with van der Waals surface area (Å²) in [4.78, 5) is 10.7. The first-order valence-corrected chi connectivity index (χ1v) is 7.58. The third-order valence-electron chi connectivity index (χ3n) is 2.92. The fourth-order valence-electron chi connectivity index (χ4n) is 1.33. The zero-order valence-corrected chi connectivity index (χ0v) is 12.8. The minimum Gasteiger partial charge on any atom is -0.478 e. The second-order valence-corrected chi connectivity index (χ2v) is 7.04. The van der Waals surface area contributed by atoms with Gasteiger partial charge in [-0.25, -0.2) is 17.9 Å². The molecular formula is C12H16ClNO5S. The SMILES string of the molecule is CC(O)C(C)(C)NS(=O)(=O)c1ccc(C(=O)O)c(Cl)c1. The summed E-state index contributed by atoms with van der Waals surface area (Å²) in [5.74, 6) is -1.24. The van der Waals surface area contributed by atoms with Crippen molar-refractivity contribution < 1.29 is 23.4 Å². The third kappa shape index (κ3) is 3.69. The van der Waals surface area contributed by atoms with E-state index in [1.807, 2.05) is 0 Å². The molecule has 0 saturated heterocycles. The van der Waals surface area contributed by atoms with Crippen molar-refractivity contribution in [3.63, 3.8) is 0 Å². The standard InChI is InChI=1S/C12H16ClNO5S/c1-7(15)12(2,3)14-20(18,19)8-4-5-9(11(16)17)10(13)6-8/h4-7,14-15H,1-3H3,(H,16,17). The second-order valence-electron chi connectivity index (χ2n) is 4.95. The first-order chi connectivity index (χ1) is 8.97. The lowest BCUT2D eigenvalue weighted by Crippen LogP contribution is -2.50. The molecule has 1 rings (SSSR count). The van der Waals surface area contributed by atoms with Crippen LogP contribution in [-0.4, -0.2) is 36.2 Å². The van der Waals surface area contributed by atoms with Crippen LogP contribution in [0.3, 0.4) is 0 Å². The third-order valence-corrected chi connectivity index (χ3v) is 4.91. The van der Waals surface area contributed by atoms with E-state index in [2.05, 4.69) is 4.72 Å². The van der Waals surface area contributed by atoms with Gasteiger partial charge in [-0.2, -0.15) is 0 Å². The molecule has 6 nitrogen and oxygen atoms in total. The maximum absolute atomic E-state index is 12.2. The highest BCUT2D eigenvalue weighted by atomic mass is 35.5. The lowest BCUT2D eigenvalue weighted by molar-refractivity contribution is 0.0697. The predicted molar refractivity (Wildman–Crippen MR) is 74.5 cm³/mol. The molecule has 0 fully saturated rings. The van der Waals surface area contributed by atoms with Gasteiger partial charge in [0.25, 0.3) is 0 Å². The number of hydrogen-bond donors (Lipinski definition) is 3. The number of rotatable bonds is 5. The number of hydrogen-bond acceptors (Lipinski definition) is 4. The van der Waals surface area contributed by atoms with Gasteiger partial charge in [0, 0.05) is 0 Å². The number of benzene rings is 1. The molecule has 0 aliphatic heterocycles. The van der Waals surface area contributed by atoms with Crippen LogP contribution in [0.15, 0.2) is 23.1 Å². The first-order valence-electron chi connectivity index (χ1n) is 5.72. The van der Waals surface area contributed by atoms with E-state index in [9.17, 15) is 18.3 Å². The Bertz CT molecular complexity index is 625. The van der Waals surface area contributed by atoms with Gasteiger partial charge < -0.3 is 10.2 Å². The zero-order chi connectivity index (χ0) is 15.7. The molecule has 0 aromatic heterocycles. The number of carboxylic acid groups (broad SMARTS) is 1. The Labute approximate surface area is 122 Å². The highest BCUT2D eigenvalue weighted by Crippen LogP contribution is 2.22. The Balaban J connectivity index is 3.18. The predicted octanol–water partition coefficient (Wildman–Crippen LogP) is 1.48. The number of carbonyl (C=O) groups is 1. The Kier molecular flexibility index (Phi) is 4.81. The van der Waals surface area contributed by atoms with Crippen molar-refractivity contribution in [2.45, 2.75) is 37.3 Å². The number of aliphatic hydroxyl groups excluding tert-OH is 1. The molecule has 20 heavy (non-hydrogen) atoms. The van der Waals surface area contributed by atoms with E-state index in [1.165, 1.54) is 20.8 Å². The summed E-state index contributed by atoms with van der Waals surface area (Å²) in [5, 5.41) is 18.2. The molecule has 0 amide bonds. The van der Waals surface area contributed by atoms with Crippen LogP contribution in [0.4, 0.5) is 0 Å². The largest absolute Gasteiger partial charge is 0.478 e. The maximum atomic E-state index is 12.2. The van der Waals surface area contributed by atoms with Crippen LogP contribution < -0.4 is 4.72 Å². The molecule has 0 bridgehead atoms. The molecule has 0 aliphatic rings. The summed E-state index contributed by atoms with van der Waals surface area (Å²) in [6.45, 7) is 4.52. The summed E-state index contributed by atoms with van der Waals surface area (Å²) in [6, 6.07) is 3.33. The van der Waals surface area contributed by atoms with E-state index >= 15 is 0 Å². The van der Waals surface area contributed by atoms with Crippen LogP contribution in [0.25, 0.3) is 0 Å². The Morgan fingerprint density at radius 1 is 1.40 bits per heavy atom. The number of aliphatic hydroxyl groups is 1. The molecular weight excluding hydrogens is 306 g/mol. The molecule has 0 radical (unpaired) electrons. The van der Waals surface area contributed by atoms with Gasteiger partial charge in [0.05, 0.1) is 27.1 Å². The quantitative estimate of drug-likeness (QED) is 0.762. The Morgan fingerprint density at radius 2 is 1.95 bits per heavy atom. The minimum absolute atomic E-state index is 0.166. The molecule has 0 saturated carbocycles. The fourth-order valence-corrected chi connectivity index (χ4v) is 3.15. The van der Waals surface area contributed by atoms with Gasteiger partial charge in [-0.3, -0.25) is 0 Å². The summed E-state index contributed by atoms with van der Waals surface area (Å²) >= 11 is 5.74. The van der Waals surface area contributed by atoms with Gasteiger partial charge >= 0.3 is 5.97 Å². The zero-order valence-electron chi connectivity index (χ0n) is 11.2. The van der Waals surface area contributed by atoms with Crippen molar-refractivity contribution in [1.29, 1.82) is 0 Å². The fraction of sp³-hybridized carbons (Fsp3) is 0.417. The number of sulfonamides is 1. The van der Waals surface area contributed by atoms with Gasteiger partial charge in [-0.1, -0.05) is 11.6 Å². The van der Waals surface area contributed by atoms with E-state index < -0.39 is 27.6 Å². The average Bonchev–Trinajstić information content (AvgIpc) is 2.26. The van der Waals surface area contributed by atoms with Gasteiger partial charge in [0.1, 0.15) is 0 Å². The monoisotopic (exact) mass is 321 g/mol. The van der Waals surface area contributed by atoms with Gasteiger partial charge in [-0.05, 0) is 39.0 Å². The highest BCUT2D eigenvalue weighted by Gasteiger charge is 2.30. The van der Waals surface area contributed by atoms with Crippen LogP contribution in [0.5, 0.6) is 0 Å². The van der Waals surface area contributed by atoms with E-state index in [0.717, 1.165) is 18.2 Å². The molecule has 3 N–H and O–H groups in total. The van der Waals surface area contributed by atoms with Crippen LogP contribution in [0.1, 0.15) is 31.1 Å². The van der Waals surface area contributed by atoms with E-state index in [4.69, 9.17) is 16.7 Å². The van der Waals surface area contributed by atoms with Crippen LogP contribution >= 0.6 is 11.6 Å². The lowest BCUT2D eigenvalue weighted by Gasteiger charge is -2.28. The van der Waals surface area contributed by atoms with E-state index in [1.54, 1.807) is 0 Å². The van der Waals surface area contributed by atoms with Crippen molar-refractivity contribution in [3.8, 4) is 0 Å². The number of carboxylic acids is 1. The lowest BCUT2D eigenvalue weighted by atomic mass is 10.0. The molecule has 0 aliphatic carbocycles. The van der Waals surface area contributed by atoms with E-state index in [-0.39, 0.29) is 15.5 Å². The summed E-state index contributed by atoms with van der Waals surface area (Å²) in [6.07, 6.45) is -0.911. The molecule has 112 valence electrons. The smallest absolute Gasteiger partial charge is 0.337 e. The van der Waals surface area contributed by atoms with Crippen molar-refractivity contribution in [2.75, 3.05) is 0 Å². The normalized spacial score (nSPS) is 14.1. The second kappa shape index (κ2) is 5.69. The number of nitrogens with one attached hydrogen (secondary N) is 1. The summed E-state index contributed by atoms with van der Waals surface area (Å²) < 4.78 is 26.7. The first kappa shape index (κ1) is 16.9. The molecule has 8 heteroatoms. The van der Waals surface area contributed by atoms with Crippen molar-refractivity contribution >= 4 is 27.6 Å². The molecule has 1 aromatic carbocycles. The molecule has 1 atom stereocenters. The van der Waals surface area contributed by atoms with Crippen LogP contribution in [0, 0.1) is 0 Å². The maximum Gasteiger partial charge on any atom is 0.337 e. The number of aromatic carboxylic acids is 1. The number of halogens is 1. The highest BCUT2D eigenvalue weighted by molar-refractivity contribution is 7.89. The van der Waals surface area contributed by atoms with Gasteiger partial charge in [0.2, 0.25) is 10.0 Å². The Morgan fingerprint density at radius 3 is 2.35 bits per heavy atom. The average molecular weight is 322 g/mol. The molecule has 0 spiro atoms. The molecule has 1 aromatic rings. The topological polar surface area (TPSA) is 104 Å². The van der Waals surface area contributed by atoms with Crippen molar-refractivity contribution in [2.24, 2.45) is 0 Å². The van der Waals surface area contributed by atoms with Gasteiger partial charge in [0.15, 0.2) is 0 Å². The minimum atomic E-state index is -3.92. The van der Waals surface area contributed by atoms with Crippen LogP contribution in [0.2, 0.25) is 5.02 Å². The van der Waals surface area contributed by atoms with Gasteiger partial charge in [-0.15, -0.1) is 0 Å².